The minimum atomic E-state index is -3.72. The molecule has 0 aromatic heterocycles. The zero-order chi connectivity index (χ0) is 18.2. The molecule has 4 nitrogen and oxygen atoms in total. The van der Waals surface area contributed by atoms with Gasteiger partial charge in [0.25, 0.3) is 10.1 Å². The minimum Gasteiger partial charge on any atom is -0.326 e. The van der Waals surface area contributed by atoms with Crippen LogP contribution in [0.5, 0.6) is 0 Å². The lowest BCUT2D eigenvalue weighted by atomic mass is 10.1. The van der Waals surface area contributed by atoms with Crippen LogP contribution in [0.15, 0.2) is 0 Å². The summed E-state index contributed by atoms with van der Waals surface area (Å²) in [6.07, 6.45) is 10.1. The molecule has 0 aromatic carbocycles. The van der Waals surface area contributed by atoms with Gasteiger partial charge in [0, 0.05) is 0 Å². The fourth-order valence-electron chi connectivity index (χ4n) is 3.02. The van der Waals surface area contributed by atoms with E-state index in [1.54, 1.807) is 0 Å². The van der Waals surface area contributed by atoms with Crippen molar-refractivity contribution in [2.24, 2.45) is 0 Å². The highest BCUT2D eigenvalue weighted by atomic mass is 32.2. The second-order valence-corrected chi connectivity index (χ2v) is 8.42. The molecule has 0 spiro atoms. The van der Waals surface area contributed by atoms with E-state index < -0.39 is 10.1 Å². The van der Waals surface area contributed by atoms with Crippen molar-refractivity contribution in [3.05, 3.63) is 0 Å². The molecular formula is C18H42NO3S+. The summed E-state index contributed by atoms with van der Waals surface area (Å²) < 4.78 is 30.2. The van der Waals surface area contributed by atoms with Gasteiger partial charge in [-0.3, -0.25) is 4.55 Å². The largest absolute Gasteiger partial charge is 0.326 e. The van der Waals surface area contributed by atoms with Crippen LogP contribution in [0, 0.1) is 0 Å². The summed E-state index contributed by atoms with van der Waals surface area (Å²) in [5, 5.41) is 0. The van der Waals surface area contributed by atoms with Crippen molar-refractivity contribution in [3.8, 4) is 0 Å². The molecule has 0 bridgehead atoms. The number of rotatable bonds is 13. The lowest BCUT2D eigenvalue weighted by molar-refractivity contribution is -0.909. The Morgan fingerprint density at radius 1 is 0.696 bits per heavy atom. The van der Waals surface area contributed by atoms with Gasteiger partial charge in [-0.25, -0.2) is 0 Å². The van der Waals surface area contributed by atoms with Crippen molar-refractivity contribution in [2.45, 2.75) is 85.5 Å². The molecule has 142 valence electrons. The first-order valence-corrected chi connectivity index (χ1v) is 11.1. The van der Waals surface area contributed by atoms with Gasteiger partial charge >= 0.3 is 0 Å². The van der Waals surface area contributed by atoms with E-state index in [4.69, 9.17) is 4.55 Å². The molecule has 0 aliphatic heterocycles. The maximum atomic E-state index is 10.3. The second-order valence-electron chi connectivity index (χ2n) is 6.84. The molecule has 1 N–H and O–H groups in total. The van der Waals surface area contributed by atoms with Gasteiger partial charge in [-0.1, -0.05) is 59.8 Å². The standard InChI is InChI=1S/C10H24N.C8H18O3S/c1-5-8-11(4,9-6-2)10-7-3;1-2-3-4-5-6-7-8-12(9,10)11/h5-10H2,1-4H3;2-8H2,1H3,(H,9,10,11)/q+1;. The number of unbranched alkanes of at least 4 members (excludes halogenated alkanes) is 5. The lowest BCUT2D eigenvalue weighted by Crippen LogP contribution is -2.45. The topological polar surface area (TPSA) is 54.4 Å². The van der Waals surface area contributed by atoms with Crippen LogP contribution in [0.2, 0.25) is 0 Å². The van der Waals surface area contributed by atoms with E-state index in [1.807, 2.05) is 0 Å². The van der Waals surface area contributed by atoms with Crippen LogP contribution >= 0.6 is 0 Å². The molecule has 0 amide bonds. The molecule has 0 fully saturated rings. The third-order valence-electron chi connectivity index (χ3n) is 4.05. The van der Waals surface area contributed by atoms with Crippen LogP contribution in [0.3, 0.4) is 0 Å². The lowest BCUT2D eigenvalue weighted by Gasteiger charge is -2.33. The molecule has 0 rings (SSSR count). The fourth-order valence-corrected chi connectivity index (χ4v) is 3.59. The Kier molecular flexibility index (Phi) is 16.8. The molecule has 23 heavy (non-hydrogen) atoms. The molecule has 0 aliphatic carbocycles. The minimum absolute atomic E-state index is 0.0842. The average molecular weight is 353 g/mol. The Morgan fingerprint density at radius 2 is 1.09 bits per heavy atom. The van der Waals surface area contributed by atoms with Gasteiger partial charge in [0.15, 0.2) is 0 Å². The quantitative estimate of drug-likeness (QED) is 0.291. The Hall–Kier alpha value is -0.130. The molecular weight excluding hydrogens is 310 g/mol. The van der Waals surface area contributed by atoms with Crippen LogP contribution in [0.4, 0.5) is 0 Å². The van der Waals surface area contributed by atoms with Gasteiger partial charge < -0.3 is 4.48 Å². The Labute approximate surface area is 146 Å². The van der Waals surface area contributed by atoms with Crippen LogP contribution in [-0.4, -0.2) is 49.9 Å². The summed E-state index contributed by atoms with van der Waals surface area (Å²) in [4.78, 5) is 0. The summed E-state index contributed by atoms with van der Waals surface area (Å²) in [5.74, 6) is -0.0842. The summed E-state index contributed by atoms with van der Waals surface area (Å²) >= 11 is 0. The molecule has 0 atom stereocenters. The van der Waals surface area contributed by atoms with E-state index in [-0.39, 0.29) is 5.75 Å². The molecule has 0 aliphatic rings. The highest BCUT2D eigenvalue weighted by Crippen LogP contribution is 2.07. The van der Waals surface area contributed by atoms with Crippen molar-refractivity contribution in [3.63, 3.8) is 0 Å². The first-order valence-electron chi connectivity index (χ1n) is 9.53. The van der Waals surface area contributed by atoms with Crippen LogP contribution in [0.1, 0.15) is 85.5 Å². The predicted octanol–water partition coefficient (Wildman–Crippen LogP) is 4.90. The molecule has 0 saturated carbocycles. The van der Waals surface area contributed by atoms with E-state index in [2.05, 4.69) is 34.7 Å². The Balaban J connectivity index is 0. The van der Waals surface area contributed by atoms with Crippen molar-refractivity contribution in [2.75, 3.05) is 32.4 Å². The maximum Gasteiger partial charge on any atom is 0.264 e. The molecule has 0 saturated heterocycles. The van der Waals surface area contributed by atoms with E-state index in [0.717, 1.165) is 12.8 Å². The van der Waals surface area contributed by atoms with Gasteiger partial charge in [-0.15, -0.1) is 0 Å². The third-order valence-corrected chi connectivity index (χ3v) is 4.85. The summed E-state index contributed by atoms with van der Waals surface area (Å²) in [5.41, 5.74) is 0. The predicted molar refractivity (Wildman–Crippen MR) is 101 cm³/mol. The van der Waals surface area contributed by atoms with E-state index in [0.29, 0.717) is 6.42 Å². The summed E-state index contributed by atoms with van der Waals surface area (Å²) in [6, 6.07) is 0. The first kappa shape index (κ1) is 25.1. The van der Waals surface area contributed by atoms with Gasteiger partial charge in [-0.2, -0.15) is 8.42 Å². The summed E-state index contributed by atoms with van der Waals surface area (Å²) in [6.45, 7) is 13.0. The van der Waals surface area contributed by atoms with E-state index in [1.165, 1.54) is 62.6 Å². The second kappa shape index (κ2) is 15.4. The highest BCUT2D eigenvalue weighted by Gasteiger charge is 2.16. The average Bonchev–Trinajstić information content (AvgIpc) is 2.43. The van der Waals surface area contributed by atoms with Gasteiger partial charge in [-0.05, 0) is 25.7 Å². The van der Waals surface area contributed by atoms with Crippen molar-refractivity contribution < 1.29 is 17.5 Å². The summed E-state index contributed by atoms with van der Waals surface area (Å²) in [7, 11) is -1.33. The number of quaternary nitrogens is 1. The molecule has 5 heteroatoms. The van der Waals surface area contributed by atoms with Gasteiger partial charge in [0.1, 0.15) is 0 Å². The SMILES string of the molecule is CCCCCCCCS(=O)(=O)O.CCC[N+](C)(CCC)CCC. The van der Waals surface area contributed by atoms with Gasteiger partial charge in [0.2, 0.25) is 0 Å². The zero-order valence-electron chi connectivity index (χ0n) is 16.3. The number of hydrogen-bond acceptors (Lipinski definition) is 2. The van der Waals surface area contributed by atoms with Crippen LogP contribution in [0.25, 0.3) is 0 Å². The zero-order valence-corrected chi connectivity index (χ0v) is 17.1. The highest BCUT2D eigenvalue weighted by molar-refractivity contribution is 7.85. The van der Waals surface area contributed by atoms with E-state index >= 15 is 0 Å². The molecule has 0 unspecified atom stereocenters. The number of hydrogen-bond donors (Lipinski definition) is 1. The smallest absolute Gasteiger partial charge is 0.264 e. The van der Waals surface area contributed by atoms with Gasteiger partial charge in [0.05, 0.1) is 32.4 Å². The fraction of sp³-hybridized carbons (Fsp3) is 1.00. The molecule has 0 heterocycles. The van der Waals surface area contributed by atoms with Crippen LogP contribution in [-0.2, 0) is 10.1 Å². The molecule has 0 radical (unpaired) electrons. The first-order chi connectivity index (χ1) is 10.7. The van der Waals surface area contributed by atoms with Crippen molar-refractivity contribution >= 4 is 10.1 Å². The van der Waals surface area contributed by atoms with Crippen LogP contribution < -0.4 is 0 Å². The van der Waals surface area contributed by atoms with Crippen molar-refractivity contribution in [1.82, 2.24) is 0 Å². The monoisotopic (exact) mass is 352 g/mol. The third kappa shape index (κ3) is 19.8. The Morgan fingerprint density at radius 3 is 1.43 bits per heavy atom. The Bertz CT molecular complexity index is 325. The van der Waals surface area contributed by atoms with Crippen molar-refractivity contribution in [1.29, 1.82) is 0 Å². The molecule has 0 aromatic rings. The maximum absolute atomic E-state index is 10.3. The van der Waals surface area contributed by atoms with E-state index in [9.17, 15) is 8.42 Å². The normalized spacial score (nSPS) is 11.9. The number of nitrogens with zero attached hydrogens (tertiary/aromatic N) is 1.